The summed E-state index contributed by atoms with van der Waals surface area (Å²) >= 11 is 0. The average Bonchev–Trinajstić information content (AvgIpc) is 2.19. The number of rotatable bonds is 5. The fourth-order valence-corrected chi connectivity index (χ4v) is 1.14. The highest BCUT2D eigenvalue weighted by molar-refractivity contribution is 5.00. The highest BCUT2D eigenvalue weighted by Gasteiger charge is 2.06. The van der Waals surface area contributed by atoms with Gasteiger partial charge in [0.2, 0.25) is 0 Å². The van der Waals surface area contributed by atoms with Gasteiger partial charge >= 0.3 is 0 Å². The molecule has 13 heavy (non-hydrogen) atoms. The third kappa shape index (κ3) is 3.48. The van der Waals surface area contributed by atoms with Gasteiger partial charge in [-0.15, -0.1) is 0 Å². The lowest BCUT2D eigenvalue weighted by Crippen LogP contribution is -2.32. The lowest BCUT2D eigenvalue weighted by Gasteiger charge is -2.13. The molecule has 72 valence electrons. The van der Waals surface area contributed by atoms with Crippen LogP contribution in [0.15, 0.2) is 18.6 Å². The minimum absolute atomic E-state index is 0.319. The Bertz CT molecular complexity index is 228. The lowest BCUT2D eigenvalue weighted by molar-refractivity contribution is 0.169. The van der Waals surface area contributed by atoms with Crippen LogP contribution in [0.25, 0.3) is 0 Å². The van der Waals surface area contributed by atoms with E-state index in [4.69, 9.17) is 4.74 Å². The van der Waals surface area contributed by atoms with Gasteiger partial charge < -0.3 is 10.1 Å². The molecule has 0 saturated carbocycles. The summed E-state index contributed by atoms with van der Waals surface area (Å²) in [7, 11) is 3.62. The molecule has 1 unspecified atom stereocenters. The Hall–Kier alpha value is -1.00. The highest BCUT2D eigenvalue weighted by Crippen LogP contribution is 1.97. The zero-order valence-corrected chi connectivity index (χ0v) is 8.03. The van der Waals surface area contributed by atoms with Crippen molar-refractivity contribution in [3.63, 3.8) is 0 Å². The van der Waals surface area contributed by atoms with Crippen molar-refractivity contribution >= 4 is 0 Å². The molecule has 1 aromatic heterocycles. The normalized spacial score (nSPS) is 12.8. The summed E-state index contributed by atoms with van der Waals surface area (Å²) in [4.78, 5) is 8.00. The van der Waals surface area contributed by atoms with Gasteiger partial charge in [-0.2, -0.15) is 0 Å². The van der Waals surface area contributed by atoms with Crippen LogP contribution < -0.4 is 5.32 Å². The zero-order chi connectivity index (χ0) is 9.52. The van der Waals surface area contributed by atoms with Crippen molar-refractivity contribution in [2.24, 2.45) is 0 Å². The quantitative estimate of drug-likeness (QED) is 0.707. The van der Waals surface area contributed by atoms with Crippen molar-refractivity contribution in [1.82, 2.24) is 15.3 Å². The van der Waals surface area contributed by atoms with Crippen molar-refractivity contribution < 1.29 is 4.74 Å². The van der Waals surface area contributed by atoms with Crippen LogP contribution in [0, 0.1) is 0 Å². The summed E-state index contributed by atoms with van der Waals surface area (Å²) in [6.45, 7) is 0.695. The van der Waals surface area contributed by atoms with Crippen LogP contribution in [0.2, 0.25) is 0 Å². The second-order valence-corrected chi connectivity index (χ2v) is 2.85. The first kappa shape index (κ1) is 10.1. The first-order valence-electron chi connectivity index (χ1n) is 4.28. The second-order valence-electron chi connectivity index (χ2n) is 2.85. The van der Waals surface area contributed by atoms with E-state index in [1.165, 1.54) is 0 Å². The van der Waals surface area contributed by atoms with E-state index in [1.807, 2.05) is 13.1 Å². The van der Waals surface area contributed by atoms with Gasteiger partial charge in [-0.25, -0.2) is 9.97 Å². The number of aromatic nitrogens is 2. The number of nitrogens with zero attached hydrogens (tertiary/aromatic N) is 2. The number of methoxy groups -OCH3 is 1. The molecule has 1 heterocycles. The Morgan fingerprint density at radius 1 is 1.62 bits per heavy atom. The monoisotopic (exact) mass is 181 g/mol. The van der Waals surface area contributed by atoms with E-state index in [9.17, 15) is 0 Å². The predicted molar refractivity (Wildman–Crippen MR) is 50.5 cm³/mol. The maximum atomic E-state index is 5.06. The summed E-state index contributed by atoms with van der Waals surface area (Å²) in [5, 5.41) is 3.17. The number of hydrogen-bond acceptors (Lipinski definition) is 4. The zero-order valence-electron chi connectivity index (χ0n) is 8.03. The smallest absolute Gasteiger partial charge is 0.115 e. The Labute approximate surface area is 78.4 Å². The fourth-order valence-electron chi connectivity index (χ4n) is 1.14. The molecular weight excluding hydrogens is 166 g/mol. The van der Waals surface area contributed by atoms with Crippen LogP contribution >= 0.6 is 0 Å². The largest absolute Gasteiger partial charge is 0.383 e. The molecule has 0 amide bonds. The van der Waals surface area contributed by atoms with Crippen molar-refractivity contribution in [1.29, 1.82) is 0 Å². The summed E-state index contributed by atoms with van der Waals surface area (Å²) < 4.78 is 5.06. The topological polar surface area (TPSA) is 47.0 Å². The van der Waals surface area contributed by atoms with Gasteiger partial charge in [0.25, 0.3) is 0 Å². The molecule has 1 atom stereocenters. The molecule has 0 aliphatic carbocycles. The van der Waals surface area contributed by atoms with E-state index in [2.05, 4.69) is 15.3 Å². The van der Waals surface area contributed by atoms with Gasteiger partial charge in [-0.3, -0.25) is 0 Å². The fraction of sp³-hybridized carbons (Fsp3) is 0.556. The number of hydrogen-bond donors (Lipinski definition) is 1. The van der Waals surface area contributed by atoms with Crippen LogP contribution in [-0.4, -0.2) is 36.8 Å². The van der Waals surface area contributed by atoms with Gasteiger partial charge in [0.1, 0.15) is 6.33 Å². The molecule has 1 N–H and O–H groups in total. The Morgan fingerprint density at radius 3 is 3.00 bits per heavy atom. The second kappa shape index (κ2) is 5.61. The predicted octanol–water partition coefficient (Wildman–Crippen LogP) is 0.253. The van der Waals surface area contributed by atoms with Crippen LogP contribution in [0.5, 0.6) is 0 Å². The van der Waals surface area contributed by atoms with E-state index in [0.29, 0.717) is 12.6 Å². The summed E-state index contributed by atoms with van der Waals surface area (Å²) in [5.41, 5.74) is 1.03. The van der Waals surface area contributed by atoms with Crippen LogP contribution in [0.1, 0.15) is 5.69 Å². The highest BCUT2D eigenvalue weighted by atomic mass is 16.5. The van der Waals surface area contributed by atoms with Crippen molar-refractivity contribution in [2.75, 3.05) is 20.8 Å². The van der Waals surface area contributed by atoms with Gasteiger partial charge in [0, 0.05) is 31.5 Å². The van der Waals surface area contributed by atoms with Gasteiger partial charge in [-0.05, 0) is 13.1 Å². The summed E-state index contributed by atoms with van der Waals surface area (Å²) in [6, 6.07) is 2.24. The molecule has 4 nitrogen and oxygen atoms in total. The standard InChI is InChI=1S/C9H15N3O/c1-10-9(6-13-2)5-8-3-4-11-7-12-8/h3-4,7,9-10H,5-6H2,1-2H3. The lowest BCUT2D eigenvalue weighted by atomic mass is 10.1. The van der Waals surface area contributed by atoms with E-state index in [0.717, 1.165) is 12.1 Å². The van der Waals surface area contributed by atoms with Crippen molar-refractivity contribution in [2.45, 2.75) is 12.5 Å². The maximum absolute atomic E-state index is 5.06. The average molecular weight is 181 g/mol. The molecule has 1 rings (SSSR count). The number of nitrogens with one attached hydrogen (secondary N) is 1. The molecule has 0 aliphatic heterocycles. The van der Waals surface area contributed by atoms with Crippen LogP contribution in [0.4, 0.5) is 0 Å². The molecule has 0 saturated heterocycles. The molecule has 0 aliphatic rings. The van der Waals surface area contributed by atoms with Crippen LogP contribution in [0.3, 0.4) is 0 Å². The molecule has 4 heteroatoms. The SMILES string of the molecule is CNC(COC)Cc1ccncn1. The van der Waals surface area contributed by atoms with E-state index >= 15 is 0 Å². The van der Waals surface area contributed by atoms with E-state index < -0.39 is 0 Å². The minimum atomic E-state index is 0.319. The van der Waals surface area contributed by atoms with Gasteiger partial charge in [-0.1, -0.05) is 0 Å². The first-order valence-corrected chi connectivity index (χ1v) is 4.28. The Kier molecular flexibility index (Phi) is 4.35. The third-order valence-electron chi connectivity index (χ3n) is 1.87. The Morgan fingerprint density at radius 2 is 2.46 bits per heavy atom. The van der Waals surface area contributed by atoms with E-state index in [-0.39, 0.29) is 0 Å². The molecule has 0 aromatic carbocycles. The maximum Gasteiger partial charge on any atom is 0.115 e. The van der Waals surface area contributed by atoms with Crippen molar-refractivity contribution in [3.8, 4) is 0 Å². The Balaban J connectivity index is 2.46. The molecule has 0 bridgehead atoms. The molecular formula is C9H15N3O. The number of likely N-dealkylation sites (N-methyl/N-ethyl adjacent to an activating group) is 1. The van der Waals surface area contributed by atoms with Crippen LogP contribution in [-0.2, 0) is 11.2 Å². The third-order valence-corrected chi connectivity index (χ3v) is 1.87. The molecule has 1 aromatic rings. The minimum Gasteiger partial charge on any atom is -0.383 e. The molecule has 0 fully saturated rings. The first-order chi connectivity index (χ1) is 6.36. The summed E-state index contributed by atoms with van der Waals surface area (Å²) in [6.07, 6.45) is 4.18. The number of ether oxygens (including phenoxy) is 1. The van der Waals surface area contributed by atoms with Crippen molar-refractivity contribution in [3.05, 3.63) is 24.3 Å². The molecule has 0 radical (unpaired) electrons. The molecule has 0 spiro atoms. The van der Waals surface area contributed by atoms with E-state index in [1.54, 1.807) is 19.6 Å². The van der Waals surface area contributed by atoms with Gasteiger partial charge in [0.15, 0.2) is 0 Å². The summed E-state index contributed by atoms with van der Waals surface area (Å²) in [5.74, 6) is 0. The van der Waals surface area contributed by atoms with Gasteiger partial charge in [0.05, 0.1) is 6.61 Å².